The molecule has 0 saturated carbocycles. The highest BCUT2D eigenvalue weighted by molar-refractivity contribution is 5.76. The third kappa shape index (κ3) is 17.6. The lowest BCUT2D eigenvalue weighted by molar-refractivity contribution is -0.121. The van der Waals surface area contributed by atoms with Gasteiger partial charge in [0.15, 0.2) is 5.78 Å². The normalized spacial score (nSPS) is 11.2. The predicted molar refractivity (Wildman–Crippen MR) is 82.5 cm³/mol. The summed E-state index contributed by atoms with van der Waals surface area (Å²) >= 11 is 0. The molecule has 0 saturated heterocycles. The molecule has 0 bridgehead atoms. The topological polar surface area (TPSA) is 26.3 Å². The maximum Gasteiger partial charge on any atom is 0.155 e. The van der Waals surface area contributed by atoms with Gasteiger partial charge in [0.2, 0.25) is 0 Å². The van der Waals surface area contributed by atoms with Gasteiger partial charge in [-0.15, -0.1) is 0 Å². The van der Waals surface area contributed by atoms with E-state index in [9.17, 15) is 4.79 Å². The number of ketones is 1. The van der Waals surface area contributed by atoms with Crippen LogP contribution in [-0.4, -0.2) is 19.0 Å². The molecule has 114 valence electrons. The second-order valence-corrected chi connectivity index (χ2v) is 6.12. The van der Waals surface area contributed by atoms with Gasteiger partial charge in [0.25, 0.3) is 0 Å². The molecule has 0 spiro atoms. The number of Topliss-reactive ketones (excluding diaryl/α,β-unsaturated/α-hetero) is 1. The van der Waals surface area contributed by atoms with Crippen molar-refractivity contribution in [2.45, 2.75) is 85.0 Å². The summed E-state index contributed by atoms with van der Waals surface area (Å²) in [5.41, 5.74) is 0. The van der Waals surface area contributed by atoms with Crippen LogP contribution in [0.4, 0.5) is 0 Å². The summed E-state index contributed by atoms with van der Waals surface area (Å²) in [6.07, 6.45) is 13.4. The van der Waals surface area contributed by atoms with Gasteiger partial charge in [-0.2, -0.15) is 0 Å². The van der Waals surface area contributed by atoms with Crippen LogP contribution in [0.5, 0.6) is 0 Å². The van der Waals surface area contributed by atoms with Gasteiger partial charge in [-0.25, -0.2) is 0 Å². The largest absolute Gasteiger partial charge is 0.374 e. The van der Waals surface area contributed by atoms with Crippen molar-refractivity contribution in [3.05, 3.63) is 0 Å². The van der Waals surface area contributed by atoms with Gasteiger partial charge in [0, 0.05) is 6.61 Å². The van der Waals surface area contributed by atoms with Crippen molar-refractivity contribution in [1.29, 1.82) is 0 Å². The monoisotopic (exact) mass is 270 g/mol. The van der Waals surface area contributed by atoms with Gasteiger partial charge in [0.05, 0.1) is 0 Å². The lowest BCUT2D eigenvalue weighted by Gasteiger charge is -2.05. The smallest absolute Gasteiger partial charge is 0.155 e. The van der Waals surface area contributed by atoms with E-state index < -0.39 is 0 Å². The number of carbonyl (C=O) groups excluding carboxylic acids is 1. The van der Waals surface area contributed by atoms with Crippen LogP contribution >= 0.6 is 0 Å². The van der Waals surface area contributed by atoms with E-state index in [0.29, 0.717) is 0 Å². The first kappa shape index (κ1) is 18.6. The Kier molecular flexibility index (Phi) is 13.8. The molecule has 0 aliphatic carbocycles. The molecule has 19 heavy (non-hydrogen) atoms. The van der Waals surface area contributed by atoms with E-state index in [2.05, 4.69) is 13.8 Å². The van der Waals surface area contributed by atoms with Gasteiger partial charge < -0.3 is 4.74 Å². The number of hydrogen-bond acceptors (Lipinski definition) is 2. The number of ether oxygens (including phenoxy) is 1. The first-order valence-corrected chi connectivity index (χ1v) is 8.20. The SMILES string of the molecule is CC(=O)COCCCCCCCCCCCC(C)C. The van der Waals surface area contributed by atoms with Crippen LogP contribution in [0.3, 0.4) is 0 Å². The summed E-state index contributed by atoms with van der Waals surface area (Å²) in [6.45, 7) is 7.21. The zero-order valence-corrected chi connectivity index (χ0v) is 13.4. The van der Waals surface area contributed by atoms with E-state index in [-0.39, 0.29) is 12.4 Å². The van der Waals surface area contributed by atoms with Crippen molar-refractivity contribution < 1.29 is 9.53 Å². The first-order chi connectivity index (χ1) is 9.13. The number of rotatable bonds is 14. The van der Waals surface area contributed by atoms with Crippen molar-refractivity contribution in [3.8, 4) is 0 Å². The molecule has 2 nitrogen and oxygen atoms in total. The Bertz CT molecular complexity index is 199. The fourth-order valence-corrected chi connectivity index (χ4v) is 2.21. The third-order valence-electron chi connectivity index (χ3n) is 3.38. The van der Waals surface area contributed by atoms with Crippen LogP contribution in [-0.2, 0) is 9.53 Å². The van der Waals surface area contributed by atoms with E-state index in [1.807, 2.05) is 0 Å². The minimum atomic E-state index is 0.123. The molecule has 0 aliphatic rings. The number of hydrogen-bond donors (Lipinski definition) is 0. The van der Waals surface area contributed by atoms with Crippen molar-refractivity contribution in [1.82, 2.24) is 0 Å². The molecule has 0 aromatic heterocycles. The Labute approximate surface area is 120 Å². The van der Waals surface area contributed by atoms with Crippen LogP contribution in [0.15, 0.2) is 0 Å². The molecule has 0 rings (SSSR count). The summed E-state index contributed by atoms with van der Waals surface area (Å²) in [5.74, 6) is 0.989. The van der Waals surface area contributed by atoms with Gasteiger partial charge in [-0.3, -0.25) is 4.79 Å². The van der Waals surface area contributed by atoms with E-state index in [1.165, 1.54) is 57.8 Å². The zero-order chi connectivity index (χ0) is 14.3. The summed E-state index contributed by atoms with van der Waals surface area (Å²) in [7, 11) is 0. The summed E-state index contributed by atoms with van der Waals surface area (Å²) in [5, 5.41) is 0. The van der Waals surface area contributed by atoms with Crippen LogP contribution < -0.4 is 0 Å². The maximum absolute atomic E-state index is 10.6. The predicted octanol–water partition coefficient (Wildman–Crippen LogP) is 5.15. The fourth-order valence-electron chi connectivity index (χ4n) is 2.21. The molecule has 0 fully saturated rings. The Morgan fingerprint density at radius 1 is 0.842 bits per heavy atom. The molecule has 0 heterocycles. The summed E-state index contributed by atoms with van der Waals surface area (Å²) < 4.78 is 5.24. The van der Waals surface area contributed by atoms with Crippen LogP contribution in [0.25, 0.3) is 0 Å². The number of unbranched alkanes of at least 4 members (excludes halogenated alkanes) is 8. The molecule has 0 aromatic rings. The van der Waals surface area contributed by atoms with Gasteiger partial charge in [-0.1, -0.05) is 71.6 Å². The van der Waals surface area contributed by atoms with Gasteiger partial charge >= 0.3 is 0 Å². The van der Waals surface area contributed by atoms with Gasteiger partial charge in [0.1, 0.15) is 6.61 Å². The third-order valence-corrected chi connectivity index (χ3v) is 3.38. The fraction of sp³-hybridized carbons (Fsp3) is 0.941. The minimum Gasteiger partial charge on any atom is -0.374 e. The van der Waals surface area contributed by atoms with Crippen molar-refractivity contribution in [2.24, 2.45) is 5.92 Å². The Hall–Kier alpha value is -0.370. The van der Waals surface area contributed by atoms with Gasteiger partial charge in [-0.05, 0) is 19.3 Å². The molecule has 0 N–H and O–H groups in total. The average molecular weight is 270 g/mol. The second-order valence-electron chi connectivity index (χ2n) is 6.12. The standard InChI is InChI=1S/C17H34O2/c1-16(2)13-11-9-7-5-4-6-8-10-12-14-19-15-17(3)18/h16H,4-15H2,1-3H3. The Morgan fingerprint density at radius 3 is 1.79 bits per heavy atom. The van der Waals surface area contributed by atoms with E-state index in [4.69, 9.17) is 4.74 Å². The number of carbonyl (C=O) groups is 1. The van der Waals surface area contributed by atoms with Crippen molar-refractivity contribution >= 4 is 5.78 Å². The summed E-state index contributed by atoms with van der Waals surface area (Å²) in [6, 6.07) is 0. The molecule has 2 heteroatoms. The average Bonchev–Trinajstić information content (AvgIpc) is 2.34. The molecule has 0 radical (unpaired) electrons. The highest BCUT2D eigenvalue weighted by Crippen LogP contribution is 2.12. The quantitative estimate of drug-likeness (QED) is 0.408. The molecule has 0 unspecified atom stereocenters. The molecule has 0 atom stereocenters. The minimum absolute atomic E-state index is 0.123. The second kappa shape index (κ2) is 14.0. The first-order valence-electron chi connectivity index (χ1n) is 8.20. The maximum atomic E-state index is 10.6. The summed E-state index contributed by atoms with van der Waals surface area (Å²) in [4.78, 5) is 10.6. The lowest BCUT2D eigenvalue weighted by Crippen LogP contribution is -2.04. The Balaban J connectivity index is 2.97. The highest BCUT2D eigenvalue weighted by atomic mass is 16.5. The van der Waals surface area contributed by atoms with Crippen LogP contribution in [0.2, 0.25) is 0 Å². The molecular formula is C17H34O2. The van der Waals surface area contributed by atoms with Crippen molar-refractivity contribution in [3.63, 3.8) is 0 Å². The zero-order valence-electron chi connectivity index (χ0n) is 13.4. The molecule has 0 amide bonds. The van der Waals surface area contributed by atoms with Crippen molar-refractivity contribution in [2.75, 3.05) is 13.2 Å². The molecular weight excluding hydrogens is 236 g/mol. The van der Waals surface area contributed by atoms with E-state index in [1.54, 1.807) is 6.92 Å². The highest BCUT2D eigenvalue weighted by Gasteiger charge is 1.96. The van der Waals surface area contributed by atoms with E-state index >= 15 is 0 Å². The Morgan fingerprint density at radius 2 is 1.32 bits per heavy atom. The van der Waals surface area contributed by atoms with Crippen LogP contribution in [0.1, 0.15) is 85.0 Å². The van der Waals surface area contributed by atoms with E-state index in [0.717, 1.165) is 18.9 Å². The lowest BCUT2D eigenvalue weighted by atomic mass is 10.0. The molecule has 0 aromatic carbocycles. The molecule has 0 aliphatic heterocycles. The van der Waals surface area contributed by atoms with Crippen LogP contribution in [0, 0.1) is 5.92 Å².